The Kier molecular flexibility index (Phi) is 6.80. The zero-order valence-electron chi connectivity index (χ0n) is 18.8. The highest BCUT2D eigenvalue weighted by molar-refractivity contribution is 8.00. The number of benzene rings is 1. The number of anilines is 1. The molecule has 9 heteroatoms. The Morgan fingerprint density at radius 3 is 2.67 bits per heavy atom. The number of hydrogen-bond acceptors (Lipinski definition) is 7. The second-order valence-electron chi connectivity index (χ2n) is 7.56. The fourth-order valence-corrected chi connectivity index (χ4v) is 5.60. The monoisotopic (exact) mass is 480 g/mol. The minimum Gasteiger partial charge on any atom is -0.467 e. The van der Waals surface area contributed by atoms with Gasteiger partial charge in [-0.1, -0.05) is 23.9 Å². The number of thiophene rings is 1. The van der Waals surface area contributed by atoms with Gasteiger partial charge in [0.25, 0.3) is 5.91 Å². The molecule has 0 saturated heterocycles. The molecule has 0 aliphatic rings. The number of aromatic nitrogens is 2. The molecular formula is C24H24N4O3S2. The van der Waals surface area contributed by atoms with Crippen LogP contribution in [0.2, 0.25) is 0 Å². The molecule has 0 spiro atoms. The van der Waals surface area contributed by atoms with Gasteiger partial charge < -0.3 is 14.6 Å². The van der Waals surface area contributed by atoms with Gasteiger partial charge in [-0.15, -0.1) is 11.3 Å². The first-order valence-corrected chi connectivity index (χ1v) is 12.2. The van der Waals surface area contributed by atoms with Crippen LogP contribution in [0.3, 0.4) is 0 Å². The third-order valence-corrected chi connectivity index (χ3v) is 7.39. The first kappa shape index (κ1) is 23.0. The summed E-state index contributed by atoms with van der Waals surface area (Å²) in [5.74, 6) is 1.14. The van der Waals surface area contributed by atoms with Gasteiger partial charge in [-0.3, -0.25) is 9.59 Å². The average Bonchev–Trinajstić information content (AvgIpc) is 3.42. The average molecular weight is 481 g/mol. The molecule has 0 aliphatic heterocycles. The third kappa shape index (κ3) is 4.94. The van der Waals surface area contributed by atoms with Crippen molar-refractivity contribution in [2.45, 2.75) is 32.3 Å². The van der Waals surface area contributed by atoms with Gasteiger partial charge in [0.05, 0.1) is 29.8 Å². The van der Waals surface area contributed by atoms with E-state index in [1.165, 1.54) is 21.5 Å². The molecule has 4 rings (SSSR count). The summed E-state index contributed by atoms with van der Waals surface area (Å²) in [5.41, 5.74) is 2.12. The van der Waals surface area contributed by atoms with Crippen molar-refractivity contribution in [2.75, 3.05) is 17.7 Å². The van der Waals surface area contributed by atoms with Gasteiger partial charge >= 0.3 is 0 Å². The fourth-order valence-electron chi connectivity index (χ4n) is 3.41. The maximum atomic E-state index is 13.1. The summed E-state index contributed by atoms with van der Waals surface area (Å²) < 4.78 is 5.27. The van der Waals surface area contributed by atoms with E-state index in [2.05, 4.69) is 29.1 Å². The lowest BCUT2D eigenvalue weighted by atomic mass is 10.1. The van der Waals surface area contributed by atoms with Crippen LogP contribution in [0.15, 0.2) is 52.1 Å². The molecule has 2 amide bonds. The smallest absolute Gasteiger partial charge is 0.253 e. The summed E-state index contributed by atoms with van der Waals surface area (Å²) in [6.07, 6.45) is 1.56. The molecule has 0 atom stereocenters. The van der Waals surface area contributed by atoms with E-state index in [4.69, 9.17) is 4.42 Å². The first-order chi connectivity index (χ1) is 15.8. The number of para-hydroxylation sites is 1. The van der Waals surface area contributed by atoms with E-state index in [1.807, 2.05) is 13.0 Å². The van der Waals surface area contributed by atoms with E-state index in [9.17, 15) is 9.59 Å². The lowest BCUT2D eigenvalue weighted by Gasteiger charge is -2.20. The van der Waals surface area contributed by atoms with Crippen molar-refractivity contribution in [3.63, 3.8) is 0 Å². The van der Waals surface area contributed by atoms with Crippen molar-refractivity contribution < 1.29 is 14.0 Å². The zero-order chi connectivity index (χ0) is 23.5. The van der Waals surface area contributed by atoms with Crippen molar-refractivity contribution in [3.05, 3.63) is 70.3 Å². The number of carbonyl (C=O) groups is 2. The van der Waals surface area contributed by atoms with Crippen LogP contribution in [0.1, 0.15) is 32.4 Å². The van der Waals surface area contributed by atoms with Gasteiger partial charge in [-0.2, -0.15) is 0 Å². The predicted molar refractivity (Wildman–Crippen MR) is 132 cm³/mol. The van der Waals surface area contributed by atoms with E-state index >= 15 is 0 Å². The summed E-state index contributed by atoms with van der Waals surface area (Å²) in [6, 6.07) is 10.6. The number of carbonyl (C=O) groups excluding carboxylic acids is 2. The Morgan fingerprint density at radius 2 is 1.91 bits per heavy atom. The van der Waals surface area contributed by atoms with Gasteiger partial charge in [0.2, 0.25) is 5.91 Å². The van der Waals surface area contributed by atoms with Gasteiger partial charge in [0, 0.05) is 17.3 Å². The summed E-state index contributed by atoms with van der Waals surface area (Å²) in [7, 11) is 1.68. The molecule has 3 aromatic heterocycles. The van der Waals surface area contributed by atoms with E-state index in [-0.39, 0.29) is 24.1 Å². The molecule has 0 radical (unpaired) electrons. The van der Waals surface area contributed by atoms with Crippen LogP contribution < -0.4 is 10.2 Å². The number of nitrogens with zero attached hydrogens (tertiary/aromatic N) is 3. The van der Waals surface area contributed by atoms with Crippen LogP contribution in [-0.2, 0) is 11.3 Å². The minimum absolute atomic E-state index is 0.125. The molecule has 170 valence electrons. The quantitative estimate of drug-likeness (QED) is 0.299. The third-order valence-electron chi connectivity index (χ3n) is 5.33. The van der Waals surface area contributed by atoms with Gasteiger partial charge in [-0.25, -0.2) is 9.97 Å². The van der Waals surface area contributed by atoms with Crippen LogP contribution in [-0.4, -0.2) is 34.6 Å². The minimum atomic E-state index is -0.271. The number of thioether (sulfide) groups is 1. The number of amides is 2. The molecule has 3 heterocycles. The maximum absolute atomic E-state index is 13.1. The van der Waals surface area contributed by atoms with Crippen LogP contribution in [0.5, 0.6) is 0 Å². The maximum Gasteiger partial charge on any atom is 0.253 e. The van der Waals surface area contributed by atoms with Crippen molar-refractivity contribution in [1.29, 1.82) is 0 Å². The number of aryl methyl sites for hydroxylation is 3. The highest BCUT2D eigenvalue weighted by Crippen LogP contribution is 2.35. The van der Waals surface area contributed by atoms with Crippen LogP contribution in [0.4, 0.5) is 5.69 Å². The molecular weight excluding hydrogens is 456 g/mol. The van der Waals surface area contributed by atoms with Crippen LogP contribution in [0, 0.1) is 20.8 Å². The Labute approximate surface area is 200 Å². The summed E-state index contributed by atoms with van der Waals surface area (Å²) in [6.45, 7) is 6.26. The standard InChI is InChI=1S/C24H24N4O3S2/c1-14-15(2)33-24-21(14)23(26-16(3)27-24)32-13-20(29)28(4)19-10-6-5-9-18(19)22(30)25-12-17-8-7-11-31-17/h5-11H,12-13H2,1-4H3,(H,25,30). The second kappa shape index (κ2) is 9.76. The fraction of sp³-hybridized carbons (Fsp3) is 0.250. The lowest BCUT2D eigenvalue weighted by molar-refractivity contribution is -0.115. The normalized spacial score (nSPS) is 11.0. The van der Waals surface area contributed by atoms with Crippen molar-refractivity contribution in [1.82, 2.24) is 15.3 Å². The molecule has 0 saturated carbocycles. The van der Waals surface area contributed by atoms with E-state index in [1.54, 1.807) is 55.0 Å². The van der Waals surface area contributed by atoms with Gasteiger partial charge in [0.15, 0.2) is 0 Å². The number of rotatable bonds is 7. The Balaban J connectivity index is 1.49. The summed E-state index contributed by atoms with van der Waals surface area (Å²) >= 11 is 3.04. The van der Waals surface area contributed by atoms with Crippen LogP contribution in [0.25, 0.3) is 10.2 Å². The number of furan rings is 1. The molecule has 0 fully saturated rings. The van der Waals surface area contributed by atoms with E-state index in [0.29, 0.717) is 22.8 Å². The molecule has 1 N–H and O–H groups in total. The molecule has 1 aromatic carbocycles. The second-order valence-corrected chi connectivity index (χ2v) is 9.73. The largest absolute Gasteiger partial charge is 0.467 e. The number of nitrogens with one attached hydrogen (secondary N) is 1. The van der Waals surface area contributed by atoms with Crippen LogP contribution >= 0.6 is 23.1 Å². The molecule has 4 aromatic rings. The van der Waals surface area contributed by atoms with Gasteiger partial charge in [0.1, 0.15) is 21.4 Å². The predicted octanol–water partition coefficient (Wildman–Crippen LogP) is 4.89. The molecule has 0 unspecified atom stereocenters. The van der Waals surface area contributed by atoms with E-state index in [0.717, 1.165) is 20.8 Å². The molecule has 0 bridgehead atoms. The Morgan fingerprint density at radius 1 is 1.12 bits per heavy atom. The zero-order valence-corrected chi connectivity index (χ0v) is 20.5. The SMILES string of the molecule is Cc1nc(SCC(=O)N(C)c2ccccc2C(=O)NCc2ccco2)c2c(C)c(C)sc2n1. The van der Waals surface area contributed by atoms with Gasteiger partial charge in [-0.05, 0) is 50.6 Å². The Hall–Kier alpha value is -3.17. The number of hydrogen-bond donors (Lipinski definition) is 1. The topological polar surface area (TPSA) is 88.3 Å². The molecule has 33 heavy (non-hydrogen) atoms. The lowest BCUT2D eigenvalue weighted by Crippen LogP contribution is -2.31. The van der Waals surface area contributed by atoms with Crippen molar-refractivity contribution in [3.8, 4) is 0 Å². The van der Waals surface area contributed by atoms with Crippen molar-refractivity contribution >= 4 is 50.8 Å². The van der Waals surface area contributed by atoms with Crippen molar-refractivity contribution in [2.24, 2.45) is 0 Å². The Bertz CT molecular complexity index is 1320. The van der Waals surface area contributed by atoms with E-state index < -0.39 is 0 Å². The first-order valence-electron chi connectivity index (χ1n) is 10.4. The molecule has 7 nitrogen and oxygen atoms in total. The summed E-state index contributed by atoms with van der Waals surface area (Å²) in [4.78, 5) is 38.6. The summed E-state index contributed by atoms with van der Waals surface area (Å²) in [5, 5.41) is 4.66. The number of fused-ring (bicyclic) bond motifs is 1. The highest BCUT2D eigenvalue weighted by atomic mass is 32.2. The highest BCUT2D eigenvalue weighted by Gasteiger charge is 2.20. The molecule has 0 aliphatic carbocycles.